The summed E-state index contributed by atoms with van der Waals surface area (Å²) in [7, 11) is -3.53. The summed E-state index contributed by atoms with van der Waals surface area (Å²) in [4.78, 5) is 11.7. The molecule has 2 rings (SSSR count). The molecule has 0 spiro atoms. The SMILES string of the molecule is CCNC(=O)c1ccc(CNS(=O)(=O)Cc2cccc(C#N)c2)cc1. The largest absolute Gasteiger partial charge is 0.352 e. The first-order valence-electron chi connectivity index (χ1n) is 7.77. The van der Waals surface area contributed by atoms with Crippen LogP contribution in [0.1, 0.15) is 34.0 Å². The Morgan fingerprint density at radius 1 is 1.12 bits per heavy atom. The number of nitriles is 1. The van der Waals surface area contributed by atoms with Crippen LogP contribution in [-0.2, 0) is 22.3 Å². The predicted molar refractivity (Wildman–Crippen MR) is 95.1 cm³/mol. The van der Waals surface area contributed by atoms with Crippen LogP contribution in [0, 0.1) is 11.3 Å². The predicted octanol–water partition coefficient (Wildman–Crippen LogP) is 1.93. The van der Waals surface area contributed by atoms with Gasteiger partial charge in [0.2, 0.25) is 10.0 Å². The summed E-state index contributed by atoms with van der Waals surface area (Å²) < 4.78 is 26.9. The van der Waals surface area contributed by atoms with Crippen LogP contribution in [0.25, 0.3) is 0 Å². The highest BCUT2D eigenvalue weighted by Crippen LogP contribution is 2.09. The molecule has 0 saturated heterocycles. The fourth-order valence-corrected chi connectivity index (χ4v) is 3.34. The maximum Gasteiger partial charge on any atom is 0.251 e. The van der Waals surface area contributed by atoms with E-state index in [1.807, 2.05) is 13.0 Å². The molecule has 0 aromatic heterocycles. The summed E-state index contributed by atoms with van der Waals surface area (Å²) in [5, 5.41) is 11.6. The van der Waals surface area contributed by atoms with Crippen LogP contribution in [0.5, 0.6) is 0 Å². The number of hydrogen-bond acceptors (Lipinski definition) is 4. The molecule has 2 aromatic rings. The maximum absolute atomic E-state index is 12.2. The van der Waals surface area contributed by atoms with Gasteiger partial charge in [0.25, 0.3) is 5.91 Å². The summed E-state index contributed by atoms with van der Waals surface area (Å²) in [6, 6.07) is 15.2. The summed E-state index contributed by atoms with van der Waals surface area (Å²) in [5.74, 6) is -0.355. The molecule has 0 radical (unpaired) electrons. The van der Waals surface area contributed by atoms with E-state index < -0.39 is 10.0 Å². The summed E-state index contributed by atoms with van der Waals surface area (Å²) >= 11 is 0. The lowest BCUT2D eigenvalue weighted by molar-refractivity contribution is 0.0956. The molecule has 7 heteroatoms. The van der Waals surface area contributed by atoms with E-state index in [1.54, 1.807) is 48.5 Å². The number of carbonyl (C=O) groups is 1. The highest BCUT2D eigenvalue weighted by molar-refractivity contribution is 7.88. The van der Waals surface area contributed by atoms with Gasteiger partial charge in [0.1, 0.15) is 0 Å². The first-order chi connectivity index (χ1) is 11.9. The molecule has 0 bridgehead atoms. The molecule has 0 atom stereocenters. The molecule has 0 heterocycles. The monoisotopic (exact) mass is 357 g/mol. The number of rotatable bonds is 7. The van der Waals surface area contributed by atoms with Crippen molar-refractivity contribution < 1.29 is 13.2 Å². The fourth-order valence-electron chi connectivity index (χ4n) is 2.23. The number of hydrogen-bond donors (Lipinski definition) is 2. The standard InChI is InChI=1S/C18H19N3O3S/c1-2-20-18(22)17-8-6-14(7-9-17)12-21-25(23,24)13-16-5-3-4-15(10-16)11-19/h3-10,21H,2,12-13H2,1H3,(H,20,22). The van der Waals surface area contributed by atoms with E-state index in [4.69, 9.17) is 5.26 Å². The van der Waals surface area contributed by atoms with Gasteiger partial charge in [-0.3, -0.25) is 4.79 Å². The second-order valence-electron chi connectivity index (χ2n) is 5.45. The number of sulfonamides is 1. The van der Waals surface area contributed by atoms with Gasteiger partial charge < -0.3 is 5.32 Å². The van der Waals surface area contributed by atoms with Crippen LogP contribution < -0.4 is 10.0 Å². The lowest BCUT2D eigenvalue weighted by atomic mass is 10.1. The van der Waals surface area contributed by atoms with Crippen molar-refractivity contribution in [2.45, 2.75) is 19.2 Å². The Balaban J connectivity index is 1.97. The number of nitrogens with zero attached hydrogens (tertiary/aromatic N) is 1. The molecule has 0 aliphatic rings. The van der Waals surface area contributed by atoms with Gasteiger partial charge in [-0.1, -0.05) is 24.3 Å². The van der Waals surface area contributed by atoms with Gasteiger partial charge in [0, 0.05) is 18.7 Å². The molecule has 130 valence electrons. The molecule has 1 amide bonds. The Hall–Kier alpha value is -2.69. The van der Waals surface area contributed by atoms with Gasteiger partial charge in [0.05, 0.1) is 17.4 Å². The second kappa shape index (κ2) is 8.42. The van der Waals surface area contributed by atoms with Crippen molar-refractivity contribution in [1.82, 2.24) is 10.0 Å². The van der Waals surface area contributed by atoms with Gasteiger partial charge in [-0.15, -0.1) is 0 Å². The number of amides is 1. The smallest absolute Gasteiger partial charge is 0.251 e. The Kier molecular flexibility index (Phi) is 6.28. The molecule has 0 aliphatic heterocycles. The summed E-state index contributed by atoms with van der Waals surface area (Å²) in [6.45, 7) is 2.52. The van der Waals surface area contributed by atoms with Gasteiger partial charge in [-0.25, -0.2) is 13.1 Å². The van der Waals surface area contributed by atoms with E-state index in [9.17, 15) is 13.2 Å². The zero-order chi connectivity index (χ0) is 18.3. The molecule has 0 unspecified atom stereocenters. The zero-order valence-electron chi connectivity index (χ0n) is 13.8. The highest BCUT2D eigenvalue weighted by Gasteiger charge is 2.12. The molecule has 6 nitrogen and oxygen atoms in total. The third-order valence-corrected chi connectivity index (χ3v) is 4.76. The minimum Gasteiger partial charge on any atom is -0.352 e. The molecule has 0 saturated carbocycles. The third kappa shape index (κ3) is 5.71. The lowest BCUT2D eigenvalue weighted by Crippen LogP contribution is -2.25. The third-order valence-electron chi connectivity index (χ3n) is 3.46. The van der Waals surface area contributed by atoms with E-state index in [-0.39, 0.29) is 18.2 Å². The highest BCUT2D eigenvalue weighted by atomic mass is 32.2. The van der Waals surface area contributed by atoms with Gasteiger partial charge in [-0.2, -0.15) is 5.26 Å². The molecular formula is C18H19N3O3S. The minimum absolute atomic E-state index is 0.135. The Labute approximate surface area is 147 Å². The Morgan fingerprint density at radius 3 is 2.48 bits per heavy atom. The van der Waals surface area contributed by atoms with Crippen LogP contribution in [0.3, 0.4) is 0 Å². The molecule has 0 aliphatic carbocycles. The number of benzene rings is 2. The minimum atomic E-state index is -3.53. The zero-order valence-corrected chi connectivity index (χ0v) is 14.6. The van der Waals surface area contributed by atoms with E-state index in [0.717, 1.165) is 5.56 Å². The molecule has 25 heavy (non-hydrogen) atoms. The lowest BCUT2D eigenvalue weighted by Gasteiger charge is -2.08. The topological polar surface area (TPSA) is 99.1 Å². The van der Waals surface area contributed by atoms with Gasteiger partial charge in [-0.05, 0) is 42.3 Å². The van der Waals surface area contributed by atoms with Crippen molar-refractivity contribution in [3.63, 3.8) is 0 Å². The molecule has 2 N–H and O–H groups in total. The quantitative estimate of drug-likeness (QED) is 0.791. The van der Waals surface area contributed by atoms with E-state index in [2.05, 4.69) is 10.0 Å². The Bertz CT molecular complexity index is 885. The number of nitrogens with one attached hydrogen (secondary N) is 2. The van der Waals surface area contributed by atoms with E-state index >= 15 is 0 Å². The maximum atomic E-state index is 12.2. The van der Waals surface area contributed by atoms with Crippen LogP contribution >= 0.6 is 0 Å². The van der Waals surface area contributed by atoms with Crippen molar-refractivity contribution in [3.8, 4) is 6.07 Å². The van der Waals surface area contributed by atoms with Crippen LogP contribution in [-0.4, -0.2) is 20.9 Å². The fraction of sp³-hybridized carbons (Fsp3) is 0.222. The van der Waals surface area contributed by atoms with Crippen molar-refractivity contribution in [1.29, 1.82) is 5.26 Å². The molecular weight excluding hydrogens is 338 g/mol. The van der Waals surface area contributed by atoms with E-state index in [0.29, 0.717) is 23.2 Å². The summed E-state index contributed by atoms with van der Waals surface area (Å²) in [5.41, 5.74) is 2.26. The van der Waals surface area contributed by atoms with Crippen LogP contribution in [0.15, 0.2) is 48.5 Å². The Morgan fingerprint density at radius 2 is 1.84 bits per heavy atom. The van der Waals surface area contributed by atoms with Crippen molar-refractivity contribution in [3.05, 3.63) is 70.8 Å². The van der Waals surface area contributed by atoms with Crippen LogP contribution in [0.2, 0.25) is 0 Å². The average Bonchev–Trinajstić information content (AvgIpc) is 2.60. The summed E-state index contributed by atoms with van der Waals surface area (Å²) in [6.07, 6.45) is 0. The molecule has 0 fully saturated rings. The van der Waals surface area contributed by atoms with Gasteiger partial charge in [0.15, 0.2) is 0 Å². The average molecular weight is 357 g/mol. The first kappa shape index (κ1) is 18.6. The number of carbonyl (C=O) groups excluding carboxylic acids is 1. The van der Waals surface area contributed by atoms with Crippen molar-refractivity contribution in [2.75, 3.05) is 6.54 Å². The first-order valence-corrected chi connectivity index (χ1v) is 9.42. The van der Waals surface area contributed by atoms with E-state index in [1.165, 1.54) is 0 Å². The normalized spacial score (nSPS) is 10.9. The molecule has 2 aromatic carbocycles. The van der Waals surface area contributed by atoms with Crippen molar-refractivity contribution >= 4 is 15.9 Å². The van der Waals surface area contributed by atoms with Crippen LogP contribution in [0.4, 0.5) is 0 Å². The van der Waals surface area contributed by atoms with Crippen molar-refractivity contribution in [2.24, 2.45) is 0 Å². The second-order valence-corrected chi connectivity index (χ2v) is 7.26. The van der Waals surface area contributed by atoms with Gasteiger partial charge >= 0.3 is 0 Å².